The lowest BCUT2D eigenvalue weighted by molar-refractivity contribution is 0.527. The van der Waals surface area contributed by atoms with Gasteiger partial charge in [-0.2, -0.15) is 0 Å². The van der Waals surface area contributed by atoms with E-state index in [0.717, 1.165) is 27.1 Å². The Morgan fingerprint density at radius 2 is 2.11 bits per heavy atom. The highest BCUT2D eigenvalue weighted by molar-refractivity contribution is 9.11. The molecule has 0 aliphatic carbocycles. The molecule has 0 radical (unpaired) electrons. The Balaban J connectivity index is 2.21. The van der Waals surface area contributed by atoms with Gasteiger partial charge in [-0.25, -0.2) is 4.98 Å². The number of halogens is 2. The van der Waals surface area contributed by atoms with Crippen LogP contribution in [0, 0.1) is 5.92 Å². The van der Waals surface area contributed by atoms with E-state index in [4.69, 9.17) is 0 Å². The van der Waals surface area contributed by atoms with Crippen molar-refractivity contribution in [1.82, 2.24) is 9.55 Å². The number of rotatable bonds is 4. The summed E-state index contributed by atoms with van der Waals surface area (Å²) in [5.74, 6) is 1.46. The fourth-order valence-electron chi connectivity index (χ4n) is 1.69. The molecule has 0 atom stereocenters. The molecule has 0 aliphatic heterocycles. The summed E-state index contributed by atoms with van der Waals surface area (Å²) in [5.41, 5.74) is 1.01. The molecule has 2 aromatic rings. The molecular weight excluding hydrogens is 358 g/mol. The van der Waals surface area contributed by atoms with Crippen molar-refractivity contribution in [2.75, 3.05) is 5.32 Å². The van der Waals surface area contributed by atoms with Crippen LogP contribution in [0.25, 0.3) is 0 Å². The third-order valence-electron chi connectivity index (χ3n) is 2.45. The Morgan fingerprint density at radius 1 is 1.33 bits per heavy atom. The van der Waals surface area contributed by atoms with Crippen molar-refractivity contribution in [3.63, 3.8) is 0 Å². The van der Waals surface area contributed by atoms with E-state index in [2.05, 4.69) is 60.6 Å². The van der Waals surface area contributed by atoms with Gasteiger partial charge in [-0.3, -0.25) is 0 Å². The molecule has 0 saturated heterocycles. The second-order valence-corrected chi connectivity index (χ2v) is 6.32. The van der Waals surface area contributed by atoms with Crippen molar-refractivity contribution in [3.05, 3.63) is 39.5 Å². The zero-order valence-corrected chi connectivity index (χ0v) is 13.5. The molecule has 0 unspecified atom stereocenters. The van der Waals surface area contributed by atoms with Crippen LogP contribution in [0.5, 0.6) is 0 Å². The number of nitrogens with one attached hydrogen (secondary N) is 1. The van der Waals surface area contributed by atoms with Crippen LogP contribution in [0.15, 0.2) is 39.5 Å². The summed E-state index contributed by atoms with van der Waals surface area (Å²) in [4.78, 5) is 4.35. The summed E-state index contributed by atoms with van der Waals surface area (Å²) in [6.45, 7) is 5.34. The number of hydrogen-bond donors (Lipinski definition) is 1. The molecule has 1 N–H and O–H groups in total. The van der Waals surface area contributed by atoms with E-state index in [1.807, 2.05) is 30.6 Å². The van der Waals surface area contributed by atoms with Gasteiger partial charge < -0.3 is 9.88 Å². The molecular formula is C13H15Br2N3. The lowest BCUT2D eigenvalue weighted by Crippen LogP contribution is -2.07. The van der Waals surface area contributed by atoms with Crippen LogP contribution in [-0.2, 0) is 6.54 Å². The summed E-state index contributed by atoms with van der Waals surface area (Å²) in [6.07, 6.45) is 3.81. The maximum absolute atomic E-state index is 4.35. The molecule has 1 heterocycles. The first-order valence-corrected chi connectivity index (χ1v) is 7.38. The fourth-order valence-corrected chi connectivity index (χ4v) is 2.83. The van der Waals surface area contributed by atoms with Gasteiger partial charge in [-0.05, 0) is 40.0 Å². The van der Waals surface area contributed by atoms with Crippen LogP contribution in [0.1, 0.15) is 13.8 Å². The molecule has 0 saturated carbocycles. The molecule has 96 valence electrons. The Labute approximate surface area is 124 Å². The van der Waals surface area contributed by atoms with Crippen molar-refractivity contribution in [3.8, 4) is 0 Å². The van der Waals surface area contributed by atoms with E-state index in [1.54, 1.807) is 0 Å². The summed E-state index contributed by atoms with van der Waals surface area (Å²) in [5, 5.41) is 3.34. The van der Waals surface area contributed by atoms with Crippen LogP contribution in [0.2, 0.25) is 0 Å². The Hall–Kier alpha value is -0.810. The Bertz CT molecular complexity index is 535. The molecule has 0 amide bonds. The molecule has 3 nitrogen and oxygen atoms in total. The number of nitrogens with zero attached hydrogens (tertiary/aromatic N) is 2. The summed E-state index contributed by atoms with van der Waals surface area (Å²) < 4.78 is 4.18. The molecule has 0 aliphatic rings. The van der Waals surface area contributed by atoms with E-state index in [-0.39, 0.29) is 0 Å². The number of benzene rings is 1. The summed E-state index contributed by atoms with van der Waals surface area (Å²) in [7, 11) is 0. The topological polar surface area (TPSA) is 29.9 Å². The molecule has 18 heavy (non-hydrogen) atoms. The van der Waals surface area contributed by atoms with Crippen LogP contribution in [0.3, 0.4) is 0 Å². The van der Waals surface area contributed by atoms with Gasteiger partial charge in [0.15, 0.2) is 0 Å². The third-order valence-corrected chi connectivity index (χ3v) is 3.60. The van der Waals surface area contributed by atoms with E-state index in [1.165, 1.54) is 0 Å². The largest absolute Gasteiger partial charge is 0.325 e. The summed E-state index contributed by atoms with van der Waals surface area (Å²) >= 11 is 6.98. The van der Waals surface area contributed by atoms with Crippen LogP contribution < -0.4 is 5.32 Å². The van der Waals surface area contributed by atoms with Crippen molar-refractivity contribution in [1.29, 1.82) is 0 Å². The normalized spacial score (nSPS) is 10.9. The standard InChI is InChI=1S/C13H15Br2N3/c1-9(2)8-18-6-5-16-13(18)17-12-4-3-10(14)7-11(12)15/h3-7,9H,8H2,1-2H3,(H,16,17). The van der Waals surface area contributed by atoms with Crippen LogP contribution >= 0.6 is 31.9 Å². The average molecular weight is 373 g/mol. The Morgan fingerprint density at radius 3 is 2.78 bits per heavy atom. The van der Waals surface area contributed by atoms with Gasteiger partial charge in [0.1, 0.15) is 0 Å². The minimum absolute atomic E-state index is 0.591. The van der Waals surface area contributed by atoms with Crippen molar-refractivity contribution < 1.29 is 0 Å². The van der Waals surface area contributed by atoms with Gasteiger partial charge in [0.05, 0.1) is 5.69 Å². The first-order chi connectivity index (χ1) is 8.56. The molecule has 0 bridgehead atoms. The van der Waals surface area contributed by atoms with Gasteiger partial charge in [0, 0.05) is 27.9 Å². The highest BCUT2D eigenvalue weighted by Crippen LogP contribution is 2.28. The molecule has 2 rings (SSSR count). The first-order valence-electron chi connectivity index (χ1n) is 5.79. The smallest absolute Gasteiger partial charge is 0.207 e. The second-order valence-electron chi connectivity index (χ2n) is 4.55. The zero-order valence-electron chi connectivity index (χ0n) is 10.3. The maximum atomic E-state index is 4.35. The van der Waals surface area contributed by atoms with Gasteiger partial charge in [-0.15, -0.1) is 0 Å². The lowest BCUT2D eigenvalue weighted by atomic mass is 10.2. The van der Waals surface area contributed by atoms with E-state index >= 15 is 0 Å². The highest BCUT2D eigenvalue weighted by Gasteiger charge is 2.07. The van der Waals surface area contributed by atoms with Gasteiger partial charge >= 0.3 is 0 Å². The quantitative estimate of drug-likeness (QED) is 0.834. The maximum Gasteiger partial charge on any atom is 0.207 e. The van der Waals surface area contributed by atoms with Crippen LogP contribution in [-0.4, -0.2) is 9.55 Å². The predicted octanol–water partition coefficient (Wildman–Crippen LogP) is 4.81. The third kappa shape index (κ3) is 3.36. The number of imidazole rings is 1. The van der Waals surface area contributed by atoms with E-state index in [9.17, 15) is 0 Å². The predicted molar refractivity (Wildman–Crippen MR) is 82.2 cm³/mol. The SMILES string of the molecule is CC(C)Cn1ccnc1Nc1ccc(Br)cc1Br. The Kier molecular flexibility index (Phi) is 4.45. The molecule has 5 heteroatoms. The fraction of sp³-hybridized carbons (Fsp3) is 0.308. The molecule has 0 fully saturated rings. The molecule has 1 aromatic heterocycles. The van der Waals surface area contributed by atoms with Gasteiger partial charge in [0.2, 0.25) is 5.95 Å². The summed E-state index contributed by atoms with van der Waals surface area (Å²) in [6, 6.07) is 6.03. The molecule has 0 spiro atoms. The minimum atomic E-state index is 0.591. The van der Waals surface area contributed by atoms with Crippen molar-refractivity contribution in [2.24, 2.45) is 5.92 Å². The number of aromatic nitrogens is 2. The van der Waals surface area contributed by atoms with E-state index < -0.39 is 0 Å². The van der Waals surface area contributed by atoms with Crippen molar-refractivity contribution >= 4 is 43.5 Å². The van der Waals surface area contributed by atoms with E-state index in [0.29, 0.717) is 5.92 Å². The lowest BCUT2D eigenvalue weighted by Gasteiger charge is -2.12. The van der Waals surface area contributed by atoms with Crippen LogP contribution in [0.4, 0.5) is 11.6 Å². The van der Waals surface area contributed by atoms with Crippen molar-refractivity contribution in [2.45, 2.75) is 20.4 Å². The second kappa shape index (κ2) is 5.89. The highest BCUT2D eigenvalue weighted by atomic mass is 79.9. The molecule has 1 aromatic carbocycles. The zero-order chi connectivity index (χ0) is 13.1. The first kappa shape index (κ1) is 13.6. The average Bonchev–Trinajstić information content (AvgIpc) is 2.69. The van der Waals surface area contributed by atoms with Gasteiger partial charge in [0.25, 0.3) is 0 Å². The minimum Gasteiger partial charge on any atom is -0.325 e. The number of anilines is 2. The monoisotopic (exact) mass is 371 g/mol. The van der Waals surface area contributed by atoms with Gasteiger partial charge in [-0.1, -0.05) is 29.8 Å². The number of hydrogen-bond acceptors (Lipinski definition) is 2.